The van der Waals surface area contributed by atoms with Gasteiger partial charge in [0.05, 0.1) is 17.5 Å². The molecule has 0 saturated heterocycles. The van der Waals surface area contributed by atoms with Crippen LogP contribution in [-0.2, 0) is 4.79 Å². The van der Waals surface area contributed by atoms with E-state index in [-0.39, 0.29) is 10.7 Å². The number of methoxy groups -OCH3 is 1. The first-order valence-corrected chi connectivity index (χ1v) is 6.24. The van der Waals surface area contributed by atoms with E-state index < -0.39 is 0 Å². The molecule has 1 spiro atoms. The van der Waals surface area contributed by atoms with Crippen LogP contribution in [-0.4, -0.2) is 17.8 Å². The number of amides is 1. The van der Waals surface area contributed by atoms with Gasteiger partial charge in [0.2, 0.25) is 5.91 Å². The van der Waals surface area contributed by atoms with Gasteiger partial charge in [-0.05, 0) is 37.5 Å². The number of carbonyl (C=O) groups excluding carboxylic acids is 1. The summed E-state index contributed by atoms with van der Waals surface area (Å²) < 4.78 is 5.01. The fourth-order valence-electron chi connectivity index (χ4n) is 2.14. The van der Waals surface area contributed by atoms with Gasteiger partial charge in [-0.15, -0.1) is 11.8 Å². The number of carbonyl (C=O) groups is 1. The fourth-order valence-corrected chi connectivity index (χ4v) is 3.60. The quantitative estimate of drug-likeness (QED) is 0.813. The summed E-state index contributed by atoms with van der Waals surface area (Å²) in [4.78, 5) is 13.1. The Kier molecular flexibility index (Phi) is 2.14. The van der Waals surface area contributed by atoms with Gasteiger partial charge < -0.3 is 10.1 Å². The van der Waals surface area contributed by atoms with Crippen molar-refractivity contribution >= 4 is 23.4 Å². The van der Waals surface area contributed by atoms with Gasteiger partial charge >= 0.3 is 0 Å². The van der Waals surface area contributed by atoms with E-state index in [4.69, 9.17) is 4.74 Å². The SMILES string of the molecule is COc1ccc2c(c1)SC1(CCC1)C(=O)N2. The number of benzene rings is 1. The minimum atomic E-state index is -0.195. The Morgan fingerprint density at radius 3 is 2.88 bits per heavy atom. The minimum Gasteiger partial charge on any atom is -0.497 e. The molecule has 0 aromatic heterocycles. The van der Waals surface area contributed by atoms with Gasteiger partial charge in [0.1, 0.15) is 5.75 Å². The normalized spacial score (nSPS) is 20.9. The molecule has 0 radical (unpaired) electrons. The minimum absolute atomic E-state index is 0.168. The third kappa shape index (κ3) is 1.33. The lowest BCUT2D eigenvalue weighted by atomic mass is 9.83. The van der Waals surface area contributed by atoms with E-state index in [1.165, 1.54) is 0 Å². The highest BCUT2D eigenvalue weighted by Crippen LogP contribution is 2.53. The van der Waals surface area contributed by atoms with E-state index in [9.17, 15) is 4.79 Å². The number of fused-ring (bicyclic) bond motifs is 1. The Morgan fingerprint density at radius 2 is 2.25 bits per heavy atom. The van der Waals surface area contributed by atoms with Crippen molar-refractivity contribution in [1.29, 1.82) is 0 Å². The average Bonchev–Trinajstić information content (AvgIpc) is 2.25. The van der Waals surface area contributed by atoms with Gasteiger partial charge in [-0.3, -0.25) is 4.79 Å². The maximum Gasteiger partial charge on any atom is 0.241 e. The molecule has 0 unspecified atom stereocenters. The van der Waals surface area contributed by atoms with Crippen molar-refractivity contribution in [2.24, 2.45) is 0 Å². The maximum atomic E-state index is 12.0. The lowest BCUT2D eigenvalue weighted by Gasteiger charge is -2.42. The second-order valence-corrected chi connectivity index (χ2v) is 5.69. The van der Waals surface area contributed by atoms with Crippen LogP contribution < -0.4 is 10.1 Å². The topological polar surface area (TPSA) is 38.3 Å². The molecule has 1 N–H and O–H groups in total. The van der Waals surface area contributed by atoms with Crippen LogP contribution in [0.25, 0.3) is 0 Å². The summed E-state index contributed by atoms with van der Waals surface area (Å²) >= 11 is 1.69. The largest absolute Gasteiger partial charge is 0.497 e. The molecule has 3 nitrogen and oxygen atoms in total. The van der Waals surface area contributed by atoms with Gasteiger partial charge in [-0.1, -0.05) is 0 Å². The van der Waals surface area contributed by atoms with E-state index >= 15 is 0 Å². The second-order valence-electron chi connectivity index (χ2n) is 4.27. The highest BCUT2D eigenvalue weighted by molar-refractivity contribution is 8.01. The molecule has 2 aliphatic rings. The molecule has 16 heavy (non-hydrogen) atoms. The summed E-state index contributed by atoms with van der Waals surface area (Å²) in [6.07, 6.45) is 3.13. The van der Waals surface area contributed by atoms with Crippen LogP contribution in [0.2, 0.25) is 0 Å². The molecule has 4 heteroatoms. The summed E-state index contributed by atoms with van der Waals surface area (Å²) in [5.41, 5.74) is 0.910. The Labute approximate surface area is 98.6 Å². The Morgan fingerprint density at radius 1 is 1.44 bits per heavy atom. The van der Waals surface area contributed by atoms with Crippen LogP contribution in [0.4, 0.5) is 5.69 Å². The lowest BCUT2D eigenvalue weighted by Crippen LogP contribution is -2.47. The van der Waals surface area contributed by atoms with Gasteiger partial charge in [-0.25, -0.2) is 0 Å². The molecule has 1 aliphatic heterocycles. The number of anilines is 1. The zero-order chi connectivity index (χ0) is 11.2. The first-order chi connectivity index (χ1) is 7.73. The fraction of sp³-hybridized carbons (Fsp3) is 0.417. The van der Waals surface area contributed by atoms with Crippen molar-refractivity contribution in [3.8, 4) is 5.75 Å². The molecule has 3 rings (SSSR count). The van der Waals surface area contributed by atoms with E-state index in [1.807, 2.05) is 18.2 Å². The molecule has 1 amide bonds. The number of rotatable bonds is 1. The third-order valence-corrected chi connectivity index (χ3v) is 4.86. The zero-order valence-corrected chi connectivity index (χ0v) is 9.89. The van der Waals surface area contributed by atoms with Crippen molar-refractivity contribution in [3.05, 3.63) is 18.2 Å². The monoisotopic (exact) mass is 235 g/mol. The lowest BCUT2D eigenvalue weighted by molar-refractivity contribution is -0.120. The highest BCUT2D eigenvalue weighted by Gasteiger charge is 2.48. The summed E-state index contributed by atoms with van der Waals surface area (Å²) in [5.74, 6) is 1.01. The van der Waals surface area contributed by atoms with Gasteiger partial charge in [-0.2, -0.15) is 0 Å². The molecular weight excluding hydrogens is 222 g/mol. The molecule has 1 saturated carbocycles. The third-order valence-electron chi connectivity index (χ3n) is 3.32. The summed E-state index contributed by atoms with van der Waals surface area (Å²) in [6.45, 7) is 0. The zero-order valence-electron chi connectivity index (χ0n) is 9.08. The molecule has 0 bridgehead atoms. The van der Waals surface area contributed by atoms with E-state index in [0.29, 0.717) is 0 Å². The van der Waals surface area contributed by atoms with Crippen LogP contribution >= 0.6 is 11.8 Å². The molecule has 0 atom stereocenters. The number of hydrogen-bond donors (Lipinski definition) is 1. The number of thioether (sulfide) groups is 1. The maximum absolute atomic E-state index is 12.0. The predicted octanol–water partition coefficient (Wildman–Crippen LogP) is 2.66. The van der Waals surface area contributed by atoms with Crippen LogP contribution in [0.3, 0.4) is 0 Å². The number of hydrogen-bond acceptors (Lipinski definition) is 3. The standard InChI is InChI=1S/C12H13NO2S/c1-15-8-3-4-9-10(7-8)16-12(5-2-6-12)11(14)13-9/h3-4,7H,2,5-6H2,1H3,(H,13,14). The summed E-state index contributed by atoms with van der Waals surface area (Å²) in [7, 11) is 1.66. The molecule has 1 aromatic rings. The molecule has 1 aliphatic carbocycles. The summed E-state index contributed by atoms with van der Waals surface area (Å²) in [6, 6.07) is 5.78. The first kappa shape index (κ1) is 10.0. The van der Waals surface area contributed by atoms with Crippen molar-refractivity contribution in [3.63, 3.8) is 0 Å². The van der Waals surface area contributed by atoms with E-state index in [2.05, 4.69) is 5.32 Å². The average molecular weight is 235 g/mol. The van der Waals surface area contributed by atoms with Gasteiger partial charge in [0.15, 0.2) is 0 Å². The van der Waals surface area contributed by atoms with Crippen molar-refractivity contribution in [2.75, 3.05) is 12.4 Å². The molecule has 1 fully saturated rings. The van der Waals surface area contributed by atoms with Crippen molar-refractivity contribution in [2.45, 2.75) is 28.9 Å². The van der Waals surface area contributed by atoms with Crippen molar-refractivity contribution in [1.82, 2.24) is 0 Å². The highest BCUT2D eigenvalue weighted by atomic mass is 32.2. The smallest absolute Gasteiger partial charge is 0.241 e. The van der Waals surface area contributed by atoms with Gasteiger partial charge in [0.25, 0.3) is 0 Å². The predicted molar refractivity (Wildman–Crippen MR) is 64.1 cm³/mol. The molecule has 1 aromatic carbocycles. The Bertz CT molecular complexity index is 454. The number of nitrogens with one attached hydrogen (secondary N) is 1. The first-order valence-electron chi connectivity index (χ1n) is 5.42. The molecule has 1 heterocycles. The Hall–Kier alpha value is -1.16. The van der Waals surface area contributed by atoms with Crippen LogP contribution in [0.1, 0.15) is 19.3 Å². The van der Waals surface area contributed by atoms with Crippen LogP contribution in [0.15, 0.2) is 23.1 Å². The van der Waals surface area contributed by atoms with Crippen molar-refractivity contribution < 1.29 is 9.53 Å². The second kappa shape index (κ2) is 3.42. The molecular formula is C12H13NO2S. The van der Waals surface area contributed by atoms with Gasteiger partial charge in [0, 0.05) is 4.90 Å². The van der Waals surface area contributed by atoms with E-state index in [1.54, 1.807) is 18.9 Å². The van der Waals surface area contributed by atoms with Crippen LogP contribution in [0.5, 0.6) is 5.75 Å². The summed E-state index contributed by atoms with van der Waals surface area (Å²) in [5, 5.41) is 2.99. The van der Waals surface area contributed by atoms with Crippen LogP contribution in [0, 0.1) is 0 Å². The molecule has 84 valence electrons. The Balaban J connectivity index is 1.99. The number of ether oxygens (including phenoxy) is 1. The van der Waals surface area contributed by atoms with E-state index in [0.717, 1.165) is 35.6 Å².